The molecule has 3 atom stereocenters. The third kappa shape index (κ3) is 3.35. The molecule has 0 aromatic heterocycles. The van der Waals surface area contributed by atoms with E-state index in [0.717, 1.165) is 25.0 Å². The lowest BCUT2D eigenvalue weighted by atomic mass is 9.79. The Bertz CT molecular complexity index is 688. The molecule has 24 heavy (non-hydrogen) atoms. The first kappa shape index (κ1) is 17.0. The van der Waals surface area contributed by atoms with E-state index in [4.69, 9.17) is 17.0 Å². The van der Waals surface area contributed by atoms with E-state index in [9.17, 15) is 14.7 Å². The normalized spacial score (nSPS) is 26.0. The van der Waals surface area contributed by atoms with Crippen molar-refractivity contribution in [2.75, 3.05) is 13.7 Å². The van der Waals surface area contributed by atoms with Gasteiger partial charge in [-0.2, -0.15) is 0 Å². The number of nitrogens with one attached hydrogen (secondary N) is 1. The van der Waals surface area contributed by atoms with Gasteiger partial charge >= 0.3 is 5.97 Å². The third-order valence-corrected chi connectivity index (χ3v) is 5.42. The number of carbonyl (C=O) groups excluding carboxylic acids is 1. The lowest BCUT2D eigenvalue weighted by Gasteiger charge is -2.26. The summed E-state index contributed by atoms with van der Waals surface area (Å²) in [4.78, 5) is 24.5. The van der Waals surface area contributed by atoms with Crippen molar-refractivity contribution in [2.45, 2.75) is 31.7 Å². The number of carboxylic acid groups (broad SMARTS) is 1. The third-order valence-electron chi connectivity index (χ3n) is 5.02. The van der Waals surface area contributed by atoms with Crippen LogP contribution in [0.15, 0.2) is 18.2 Å². The van der Waals surface area contributed by atoms with Crippen molar-refractivity contribution in [3.8, 4) is 5.75 Å². The number of carbonyl (C=O) groups is 2. The van der Waals surface area contributed by atoms with Gasteiger partial charge in [-0.25, -0.2) is 0 Å². The zero-order valence-electron chi connectivity index (χ0n) is 13.6. The predicted molar refractivity (Wildman–Crippen MR) is 93.6 cm³/mol. The molecule has 128 valence electrons. The molecular formula is C18H21NO4S. The molecule has 6 heteroatoms. The van der Waals surface area contributed by atoms with Gasteiger partial charge in [-0.15, -0.1) is 0 Å². The number of aryl methyl sites for hydroxylation is 1. The van der Waals surface area contributed by atoms with Crippen LogP contribution in [-0.4, -0.2) is 41.4 Å². The van der Waals surface area contributed by atoms with Crippen molar-refractivity contribution in [3.63, 3.8) is 0 Å². The van der Waals surface area contributed by atoms with E-state index in [-0.39, 0.29) is 11.7 Å². The Morgan fingerprint density at radius 3 is 2.88 bits per heavy atom. The molecule has 1 aromatic carbocycles. The first-order chi connectivity index (χ1) is 11.5. The van der Waals surface area contributed by atoms with Gasteiger partial charge in [0.25, 0.3) is 0 Å². The van der Waals surface area contributed by atoms with Crippen molar-refractivity contribution in [3.05, 3.63) is 29.3 Å². The summed E-state index contributed by atoms with van der Waals surface area (Å²) >= 11 is 5.21. The van der Waals surface area contributed by atoms with E-state index in [1.807, 2.05) is 6.07 Å². The molecule has 0 radical (unpaired) electrons. The number of hydrogen-bond donors (Lipinski definition) is 2. The molecule has 2 unspecified atom stereocenters. The van der Waals surface area contributed by atoms with E-state index < -0.39 is 17.9 Å². The number of Topliss-reactive ketones (excluding diaryl/α,β-unsaturated/α-hetero) is 1. The molecule has 1 aliphatic carbocycles. The Labute approximate surface area is 146 Å². The minimum atomic E-state index is -1.01. The van der Waals surface area contributed by atoms with Crippen LogP contribution in [0.2, 0.25) is 0 Å². The maximum absolute atomic E-state index is 12.6. The van der Waals surface area contributed by atoms with E-state index in [2.05, 4.69) is 17.4 Å². The van der Waals surface area contributed by atoms with Crippen LogP contribution in [0.3, 0.4) is 0 Å². The Balaban J connectivity index is 1.67. The highest BCUT2D eigenvalue weighted by Gasteiger charge is 2.41. The van der Waals surface area contributed by atoms with Crippen LogP contribution >= 0.6 is 12.2 Å². The second-order valence-corrected chi connectivity index (χ2v) is 7.08. The number of thiocarbonyl (C=S) groups is 1. The number of carboxylic acids is 1. The largest absolute Gasteiger partial charge is 0.497 e. The molecule has 1 fully saturated rings. The Kier molecular flexibility index (Phi) is 4.96. The molecule has 0 bridgehead atoms. The summed E-state index contributed by atoms with van der Waals surface area (Å²) < 4.78 is 5.25. The predicted octanol–water partition coefficient (Wildman–Crippen LogP) is 1.80. The van der Waals surface area contributed by atoms with Gasteiger partial charge in [0, 0.05) is 17.8 Å². The number of ether oxygens (including phenoxy) is 1. The standard InChI is InChI=1S/C18H21NO4S/c1-23-13-5-4-11-6-10(2-3-12(11)8-13)7-14(20)16-15(24)9-19-17(16)18(21)22/h4-5,8,10,16-17,19H,2-3,6-7,9H2,1H3,(H,21,22)/t10?,16?,17-/m0/s1. The zero-order chi connectivity index (χ0) is 17.3. The molecule has 1 aliphatic heterocycles. The fourth-order valence-corrected chi connectivity index (χ4v) is 4.09. The summed E-state index contributed by atoms with van der Waals surface area (Å²) in [6.45, 7) is 0.329. The van der Waals surface area contributed by atoms with Crippen molar-refractivity contribution in [2.24, 2.45) is 11.8 Å². The molecule has 0 saturated carbocycles. The summed E-state index contributed by atoms with van der Waals surface area (Å²) in [6, 6.07) is 5.20. The maximum Gasteiger partial charge on any atom is 0.321 e. The first-order valence-corrected chi connectivity index (χ1v) is 8.58. The van der Waals surface area contributed by atoms with Gasteiger partial charge in [-0.05, 0) is 48.4 Å². The first-order valence-electron chi connectivity index (χ1n) is 8.17. The van der Waals surface area contributed by atoms with E-state index in [0.29, 0.717) is 17.8 Å². The second kappa shape index (κ2) is 6.99. The monoisotopic (exact) mass is 347 g/mol. The van der Waals surface area contributed by atoms with Gasteiger partial charge in [0.2, 0.25) is 0 Å². The van der Waals surface area contributed by atoms with Gasteiger partial charge in [0.1, 0.15) is 17.6 Å². The number of methoxy groups -OCH3 is 1. The number of rotatable bonds is 5. The Morgan fingerprint density at radius 1 is 1.38 bits per heavy atom. The molecule has 1 saturated heterocycles. The lowest BCUT2D eigenvalue weighted by Crippen LogP contribution is -2.40. The van der Waals surface area contributed by atoms with Crippen molar-refractivity contribution < 1.29 is 19.4 Å². The number of benzene rings is 1. The van der Waals surface area contributed by atoms with E-state index in [1.54, 1.807) is 7.11 Å². The molecular weight excluding hydrogens is 326 g/mol. The maximum atomic E-state index is 12.6. The highest BCUT2D eigenvalue weighted by atomic mass is 32.1. The van der Waals surface area contributed by atoms with E-state index >= 15 is 0 Å². The number of ketones is 1. The highest BCUT2D eigenvalue weighted by Crippen LogP contribution is 2.31. The van der Waals surface area contributed by atoms with Crippen LogP contribution in [0, 0.1) is 11.8 Å². The summed E-state index contributed by atoms with van der Waals surface area (Å²) in [5.41, 5.74) is 2.53. The zero-order valence-corrected chi connectivity index (χ0v) is 14.4. The quantitative estimate of drug-likeness (QED) is 0.791. The molecule has 0 spiro atoms. The Morgan fingerprint density at radius 2 is 2.17 bits per heavy atom. The van der Waals surface area contributed by atoms with Crippen LogP contribution in [0.25, 0.3) is 0 Å². The average molecular weight is 347 g/mol. The molecule has 1 heterocycles. The summed E-state index contributed by atoms with van der Waals surface area (Å²) in [7, 11) is 1.66. The number of aliphatic carboxylic acids is 1. The second-order valence-electron chi connectivity index (χ2n) is 6.55. The summed E-state index contributed by atoms with van der Waals surface area (Å²) in [5, 5.41) is 12.1. The van der Waals surface area contributed by atoms with Crippen molar-refractivity contribution >= 4 is 28.8 Å². The molecule has 1 aromatic rings. The minimum Gasteiger partial charge on any atom is -0.497 e. The molecule has 0 amide bonds. The minimum absolute atomic E-state index is 0.0423. The van der Waals surface area contributed by atoms with Gasteiger partial charge in [-0.3, -0.25) is 14.9 Å². The van der Waals surface area contributed by atoms with Crippen LogP contribution in [0.4, 0.5) is 0 Å². The van der Waals surface area contributed by atoms with Crippen LogP contribution < -0.4 is 10.1 Å². The molecule has 2 aliphatic rings. The van der Waals surface area contributed by atoms with Crippen molar-refractivity contribution in [1.82, 2.24) is 5.32 Å². The van der Waals surface area contributed by atoms with E-state index in [1.165, 1.54) is 11.1 Å². The molecule has 2 N–H and O–H groups in total. The number of hydrogen-bond acceptors (Lipinski definition) is 5. The Hall–Kier alpha value is -1.79. The van der Waals surface area contributed by atoms with Gasteiger partial charge in [0.15, 0.2) is 0 Å². The van der Waals surface area contributed by atoms with Gasteiger partial charge < -0.3 is 9.84 Å². The van der Waals surface area contributed by atoms with Crippen molar-refractivity contribution in [1.29, 1.82) is 0 Å². The topological polar surface area (TPSA) is 75.6 Å². The lowest BCUT2D eigenvalue weighted by molar-refractivity contribution is -0.142. The van der Waals surface area contributed by atoms with Crippen LogP contribution in [0.5, 0.6) is 5.75 Å². The highest BCUT2D eigenvalue weighted by molar-refractivity contribution is 7.80. The summed E-state index contributed by atoms with van der Waals surface area (Å²) in [5.74, 6) is -0.616. The van der Waals surface area contributed by atoms with Gasteiger partial charge in [0.05, 0.1) is 13.0 Å². The SMILES string of the molecule is COc1ccc2c(c1)CCC(CC(=O)C1C(=S)CN[C@@H]1C(=O)O)C2. The van der Waals surface area contributed by atoms with Gasteiger partial charge in [-0.1, -0.05) is 18.3 Å². The molecule has 3 rings (SSSR count). The smallest absolute Gasteiger partial charge is 0.321 e. The van der Waals surface area contributed by atoms with Crippen LogP contribution in [0.1, 0.15) is 24.0 Å². The fourth-order valence-electron chi connectivity index (χ4n) is 3.74. The fraction of sp³-hybridized carbons (Fsp3) is 0.500. The molecule has 5 nitrogen and oxygen atoms in total. The summed E-state index contributed by atoms with van der Waals surface area (Å²) in [6.07, 6.45) is 3.08. The average Bonchev–Trinajstić information content (AvgIpc) is 2.96. The number of fused-ring (bicyclic) bond motifs is 1. The van der Waals surface area contributed by atoms with Crippen LogP contribution in [-0.2, 0) is 22.4 Å².